The van der Waals surface area contributed by atoms with Gasteiger partial charge in [0.2, 0.25) is 15.9 Å². The third-order valence-electron chi connectivity index (χ3n) is 3.67. The molecule has 1 fully saturated rings. The second-order valence-corrected chi connectivity index (χ2v) is 7.03. The first-order valence-corrected chi connectivity index (χ1v) is 8.07. The van der Waals surface area contributed by atoms with Crippen LogP contribution in [0.5, 0.6) is 0 Å². The summed E-state index contributed by atoms with van der Waals surface area (Å²) in [7, 11) is -2.14. The zero-order valence-corrected chi connectivity index (χ0v) is 13.1. The SMILES string of the molecule is CC(=O)c1cccc(S(=O)(=O)N2CCN(C)C(=O)C2C)c1. The molecular formula is C14H18N2O4S. The van der Waals surface area contributed by atoms with Crippen LogP contribution in [-0.4, -0.2) is 55.5 Å². The smallest absolute Gasteiger partial charge is 0.243 e. The minimum absolute atomic E-state index is 0.0411. The van der Waals surface area contributed by atoms with Crippen molar-refractivity contribution < 1.29 is 18.0 Å². The van der Waals surface area contributed by atoms with Gasteiger partial charge in [-0.3, -0.25) is 9.59 Å². The summed E-state index contributed by atoms with van der Waals surface area (Å²) in [5, 5.41) is 0. The van der Waals surface area contributed by atoms with Crippen LogP contribution in [0, 0.1) is 0 Å². The zero-order chi connectivity index (χ0) is 15.8. The Labute approximate surface area is 124 Å². The first-order chi connectivity index (χ1) is 9.75. The number of rotatable bonds is 3. The van der Waals surface area contributed by atoms with Crippen molar-refractivity contribution in [3.63, 3.8) is 0 Å². The van der Waals surface area contributed by atoms with Crippen LogP contribution < -0.4 is 0 Å². The minimum atomic E-state index is -3.79. The molecule has 0 spiro atoms. The molecule has 2 rings (SSSR count). The molecule has 1 aromatic carbocycles. The lowest BCUT2D eigenvalue weighted by Crippen LogP contribution is -2.56. The Morgan fingerprint density at radius 3 is 2.57 bits per heavy atom. The molecule has 0 radical (unpaired) electrons. The number of carbonyl (C=O) groups is 2. The second kappa shape index (κ2) is 5.57. The van der Waals surface area contributed by atoms with E-state index in [1.807, 2.05) is 0 Å². The maximum atomic E-state index is 12.7. The molecule has 1 saturated heterocycles. The van der Waals surface area contributed by atoms with E-state index < -0.39 is 16.1 Å². The molecule has 1 unspecified atom stereocenters. The summed E-state index contributed by atoms with van der Waals surface area (Å²) in [6.07, 6.45) is 0. The highest BCUT2D eigenvalue weighted by Crippen LogP contribution is 2.22. The van der Waals surface area contributed by atoms with Gasteiger partial charge in [0.15, 0.2) is 5.78 Å². The van der Waals surface area contributed by atoms with Crippen LogP contribution in [0.4, 0.5) is 0 Å². The number of amides is 1. The molecule has 21 heavy (non-hydrogen) atoms. The number of ketones is 1. The summed E-state index contributed by atoms with van der Waals surface area (Å²) in [6, 6.07) is 5.16. The average molecular weight is 310 g/mol. The highest BCUT2D eigenvalue weighted by molar-refractivity contribution is 7.89. The first kappa shape index (κ1) is 15.7. The molecule has 1 aliphatic rings. The molecule has 0 saturated carbocycles. The number of hydrogen-bond acceptors (Lipinski definition) is 4. The van der Waals surface area contributed by atoms with Crippen molar-refractivity contribution in [2.45, 2.75) is 24.8 Å². The van der Waals surface area contributed by atoms with E-state index in [-0.39, 0.29) is 23.1 Å². The number of piperazine rings is 1. The van der Waals surface area contributed by atoms with Gasteiger partial charge >= 0.3 is 0 Å². The van der Waals surface area contributed by atoms with Gasteiger partial charge < -0.3 is 4.90 Å². The van der Waals surface area contributed by atoms with Crippen molar-refractivity contribution >= 4 is 21.7 Å². The quantitative estimate of drug-likeness (QED) is 0.772. The monoisotopic (exact) mass is 310 g/mol. The van der Waals surface area contributed by atoms with Crippen LogP contribution in [0.2, 0.25) is 0 Å². The molecule has 0 bridgehead atoms. The van der Waals surface area contributed by atoms with Crippen molar-refractivity contribution in [2.75, 3.05) is 20.1 Å². The Hall–Kier alpha value is -1.73. The lowest BCUT2D eigenvalue weighted by atomic mass is 10.2. The van der Waals surface area contributed by atoms with Gasteiger partial charge in [0, 0.05) is 25.7 Å². The maximum Gasteiger partial charge on any atom is 0.243 e. The predicted molar refractivity (Wildman–Crippen MR) is 77.4 cm³/mol. The molecule has 6 nitrogen and oxygen atoms in total. The van der Waals surface area contributed by atoms with Crippen LogP contribution in [0.15, 0.2) is 29.2 Å². The molecule has 114 valence electrons. The molecule has 0 aromatic heterocycles. The summed E-state index contributed by atoms with van der Waals surface area (Å²) in [6.45, 7) is 3.56. The molecule has 1 heterocycles. The Bertz CT molecular complexity index is 684. The minimum Gasteiger partial charge on any atom is -0.343 e. The van der Waals surface area contributed by atoms with E-state index in [4.69, 9.17) is 0 Å². The Morgan fingerprint density at radius 1 is 1.29 bits per heavy atom. The van der Waals surface area contributed by atoms with Crippen molar-refractivity contribution in [1.29, 1.82) is 0 Å². The lowest BCUT2D eigenvalue weighted by molar-refractivity contribution is -0.136. The van der Waals surface area contributed by atoms with E-state index >= 15 is 0 Å². The van der Waals surface area contributed by atoms with Crippen LogP contribution in [0.3, 0.4) is 0 Å². The summed E-state index contributed by atoms with van der Waals surface area (Å²) >= 11 is 0. The lowest BCUT2D eigenvalue weighted by Gasteiger charge is -2.36. The largest absolute Gasteiger partial charge is 0.343 e. The van der Waals surface area contributed by atoms with E-state index in [1.165, 1.54) is 34.3 Å². The van der Waals surface area contributed by atoms with Crippen molar-refractivity contribution in [2.24, 2.45) is 0 Å². The van der Waals surface area contributed by atoms with E-state index in [0.29, 0.717) is 12.1 Å². The highest BCUT2D eigenvalue weighted by atomic mass is 32.2. The second-order valence-electron chi connectivity index (χ2n) is 5.14. The summed E-state index contributed by atoms with van der Waals surface area (Å²) < 4.78 is 26.5. The van der Waals surface area contributed by atoms with Crippen molar-refractivity contribution in [1.82, 2.24) is 9.21 Å². The number of hydrogen-bond donors (Lipinski definition) is 0. The first-order valence-electron chi connectivity index (χ1n) is 6.63. The fraction of sp³-hybridized carbons (Fsp3) is 0.429. The average Bonchev–Trinajstić information content (AvgIpc) is 2.44. The molecule has 0 aliphatic carbocycles. The third kappa shape index (κ3) is 2.84. The number of carbonyl (C=O) groups excluding carboxylic acids is 2. The van der Waals surface area contributed by atoms with Gasteiger partial charge in [-0.05, 0) is 26.0 Å². The summed E-state index contributed by atoms with van der Waals surface area (Å²) in [5.41, 5.74) is 0.337. The van der Waals surface area contributed by atoms with Gasteiger partial charge in [-0.1, -0.05) is 12.1 Å². The van der Waals surface area contributed by atoms with Crippen molar-refractivity contribution in [3.8, 4) is 0 Å². The van der Waals surface area contributed by atoms with Gasteiger partial charge in [-0.15, -0.1) is 0 Å². The van der Waals surface area contributed by atoms with Crippen LogP contribution in [0.1, 0.15) is 24.2 Å². The van der Waals surface area contributed by atoms with Gasteiger partial charge in [0.25, 0.3) is 0 Å². The van der Waals surface area contributed by atoms with Gasteiger partial charge in [-0.2, -0.15) is 4.31 Å². The standard InChI is InChI=1S/C14H18N2O4S/c1-10-14(18)15(3)7-8-16(10)21(19,20)13-6-4-5-12(9-13)11(2)17/h4-6,9-10H,7-8H2,1-3H3. The normalized spacial score (nSPS) is 20.6. The molecule has 1 aliphatic heterocycles. The summed E-state index contributed by atoms with van der Waals surface area (Å²) in [5.74, 6) is -0.429. The number of nitrogens with zero attached hydrogens (tertiary/aromatic N) is 2. The zero-order valence-electron chi connectivity index (χ0n) is 12.2. The van der Waals surface area contributed by atoms with Crippen molar-refractivity contribution in [3.05, 3.63) is 29.8 Å². The topological polar surface area (TPSA) is 74.8 Å². The fourth-order valence-electron chi connectivity index (χ4n) is 2.33. The van der Waals surface area contributed by atoms with Gasteiger partial charge in [-0.25, -0.2) is 8.42 Å². The Balaban J connectivity index is 2.40. The Morgan fingerprint density at radius 2 is 1.95 bits per heavy atom. The molecule has 7 heteroatoms. The number of likely N-dealkylation sites (N-methyl/N-ethyl adjacent to an activating group) is 1. The molecular weight excluding hydrogens is 292 g/mol. The molecule has 1 amide bonds. The number of benzene rings is 1. The van der Waals surface area contributed by atoms with E-state index in [2.05, 4.69) is 0 Å². The van der Waals surface area contributed by atoms with Gasteiger partial charge in [0.1, 0.15) is 6.04 Å². The fourth-order valence-corrected chi connectivity index (χ4v) is 3.96. The third-order valence-corrected chi connectivity index (χ3v) is 5.63. The number of Topliss-reactive ketones (excluding diaryl/α,β-unsaturated/α-hetero) is 1. The maximum absolute atomic E-state index is 12.7. The molecule has 0 N–H and O–H groups in total. The van der Waals surface area contributed by atoms with E-state index in [0.717, 1.165) is 0 Å². The highest BCUT2D eigenvalue weighted by Gasteiger charge is 2.37. The van der Waals surface area contributed by atoms with Crippen LogP contribution in [0.25, 0.3) is 0 Å². The van der Waals surface area contributed by atoms with Crippen LogP contribution in [-0.2, 0) is 14.8 Å². The van der Waals surface area contributed by atoms with E-state index in [1.54, 1.807) is 20.0 Å². The predicted octanol–water partition coefficient (Wildman–Crippen LogP) is 0.740. The van der Waals surface area contributed by atoms with E-state index in [9.17, 15) is 18.0 Å². The Kier molecular flexibility index (Phi) is 4.15. The van der Waals surface area contributed by atoms with Crippen LogP contribution >= 0.6 is 0 Å². The molecule has 1 aromatic rings. The summed E-state index contributed by atoms with van der Waals surface area (Å²) in [4.78, 5) is 24.9. The number of sulfonamides is 1. The van der Waals surface area contributed by atoms with Gasteiger partial charge in [0.05, 0.1) is 4.90 Å². The molecule has 1 atom stereocenters.